The molecule has 2 aromatic rings. The van der Waals surface area contributed by atoms with Crippen LogP contribution in [0, 0.1) is 5.92 Å². The Hall–Kier alpha value is -2.66. The van der Waals surface area contributed by atoms with Gasteiger partial charge in [-0.2, -0.15) is 0 Å². The molecule has 124 valence electrons. The van der Waals surface area contributed by atoms with E-state index in [1.165, 1.54) is 12.8 Å². The Morgan fingerprint density at radius 1 is 0.917 bits per heavy atom. The lowest BCUT2D eigenvalue weighted by Crippen LogP contribution is -2.29. The molecule has 0 spiro atoms. The van der Waals surface area contributed by atoms with Gasteiger partial charge in [-0.15, -0.1) is 0 Å². The van der Waals surface area contributed by atoms with E-state index in [9.17, 15) is 9.59 Å². The van der Waals surface area contributed by atoms with Crippen LogP contribution in [0.5, 0.6) is 0 Å². The number of rotatable bonds is 7. The van der Waals surface area contributed by atoms with Gasteiger partial charge >= 0.3 is 0 Å². The van der Waals surface area contributed by atoms with E-state index in [4.69, 9.17) is 0 Å². The molecule has 0 radical (unpaired) electrons. The highest BCUT2D eigenvalue weighted by molar-refractivity contribution is 6.04. The van der Waals surface area contributed by atoms with Gasteiger partial charge in [-0.1, -0.05) is 24.3 Å². The van der Waals surface area contributed by atoms with E-state index >= 15 is 0 Å². The quantitative estimate of drug-likeness (QED) is 0.734. The van der Waals surface area contributed by atoms with Crippen LogP contribution in [0.15, 0.2) is 54.6 Å². The predicted molar refractivity (Wildman–Crippen MR) is 95.1 cm³/mol. The molecule has 0 atom stereocenters. The van der Waals surface area contributed by atoms with Crippen molar-refractivity contribution in [3.63, 3.8) is 0 Å². The van der Waals surface area contributed by atoms with Crippen molar-refractivity contribution >= 4 is 23.2 Å². The Morgan fingerprint density at radius 3 is 2.33 bits per heavy atom. The minimum atomic E-state index is -0.176. The molecule has 24 heavy (non-hydrogen) atoms. The summed E-state index contributed by atoms with van der Waals surface area (Å²) in [5.41, 5.74) is 1.91. The van der Waals surface area contributed by atoms with Crippen LogP contribution in [0.3, 0.4) is 0 Å². The van der Waals surface area contributed by atoms with Crippen molar-refractivity contribution in [2.75, 3.05) is 23.7 Å². The van der Waals surface area contributed by atoms with Crippen molar-refractivity contribution < 1.29 is 9.59 Å². The summed E-state index contributed by atoms with van der Waals surface area (Å²) in [4.78, 5) is 24.1. The van der Waals surface area contributed by atoms with Crippen LogP contribution in [0.2, 0.25) is 0 Å². The molecule has 3 N–H and O–H groups in total. The van der Waals surface area contributed by atoms with Gasteiger partial charge in [0.1, 0.15) is 0 Å². The molecule has 0 saturated heterocycles. The molecule has 2 amide bonds. The summed E-state index contributed by atoms with van der Waals surface area (Å²) >= 11 is 0. The monoisotopic (exact) mass is 323 g/mol. The minimum Gasteiger partial charge on any atom is -0.325 e. The molecule has 3 rings (SSSR count). The number of carbonyl (C=O) groups is 2. The van der Waals surface area contributed by atoms with Crippen molar-refractivity contribution in [2.24, 2.45) is 5.92 Å². The first-order valence-electron chi connectivity index (χ1n) is 8.18. The van der Waals surface area contributed by atoms with Crippen molar-refractivity contribution in [1.29, 1.82) is 0 Å². The summed E-state index contributed by atoms with van der Waals surface area (Å²) in [6.45, 7) is 1.21. The third-order valence-electron chi connectivity index (χ3n) is 3.86. The summed E-state index contributed by atoms with van der Waals surface area (Å²) < 4.78 is 0. The van der Waals surface area contributed by atoms with Crippen LogP contribution < -0.4 is 16.0 Å². The number of nitrogens with one attached hydrogen (secondary N) is 3. The third-order valence-corrected chi connectivity index (χ3v) is 3.86. The summed E-state index contributed by atoms with van der Waals surface area (Å²) in [5.74, 6) is 0.488. The molecular formula is C19H21N3O2. The summed E-state index contributed by atoms with van der Waals surface area (Å²) in [5, 5.41) is 8.82. The molecule has 2 aromatic carbocycles. The molecule has 1 saturated carbocycles. The number of hydrogen-bond acceptors (Lipinski definition) is 3. The van der Waals surface area contributed by atoms with Crippen molar-refractivity contribution in [3.8, 4) is 0 Å². The average molecular weight is 323 g/mol. The molecule has 0 unspecified atom stereocenters. The van der Waals surface area contributed by atoms with Crippen LogP contribution in [0.1, 0.15) is 23.2 Å². The first kappa shape index (κ1) is 16.2. The maximum Gasteiger partial charge on any atom is 0.255 e. The van der Waals surface area contributed by atoms with Crippen molar-refractivity contribution in [2.45, 2.75) is 12.8 Å². The maximum atomic E-state index is 12.2. The third kappa shape index (κ3) is 4.93. The van der Waals surface area contributed by atoms with Gasteiger partial charge in [0.25, 0.3) is 5.91 Å². The van der Waals surface area contributed by atoms with Crippen LogP contribution in [-0.2, 0) is 4.79 Å². The molecule has 0 aromatic heterocycles. The van der Waals surface area contributed by atoms with Crippen LogP contribution >= 0.6 is 0 Å². The highest BCUT2D eigenvalue weighted by Crippen LogP contribution is 2.27. The number of carbonyl (C=O) groups excluding carboxylic acids is 2. The van der Waals surface area contributed by atoms with E-state index in [1.807, 2.05) is 18.2 Å². The fraction of sp³-hybridized carbons (Fsp3) is 0.263. The first-order chi connectivity index (χ1) is 11.7. The Kier molecular flexibility index (Phi) is 5.23. The van der Waals surface area contributed by atoms with Gasteiger partial charge in [0.05, 0.1) is 6.54 Å². The van der Waals surface area contributed by atoms with E-state index in [1.54, 1.807) is 36.4 Å². The average Bonchev–Trinajstić information content (AvgIpc) is 3.40. The second-order valence-corrected chi connectivity index (χ2v) is 6.02. The van der Waals surface area contributed by atoms with E-state index in [0.717, 1.165) is 12.5 Å². The molecule has 5 nitrogen and oxygen atoms in total. The second kappa shape index (κ2) is 7.75. The van der Waals surface area contributed by atoms with Crippen LogP contribution in [0.4, 0.5) is 11.4 Å². The Bertz CT molecular complexity index is 712. The first-order valence-corrected chi connectivity index (χ1v) is 8.18. The van der Waals surface area contributed by atoms with Gasteiger partial charge in [0.2, 0.25) is 5.91 Å². The Morgan fingerprint density at radius 2 is 1.62 bits per heavy atom. The fourth-order valence-corrected chi connectivity index (χ4v) is 2.38. The summed E-state index contributed by atoms with van der Waals surface area (Å²) in [7, 11) is 0. The number of anilines is 2. The van der Waals surface area contributed by atoms with Crippen molar-refractivity contribution in [1.82, 2.24) is 5.32 Å². The number of amides is 2. The van der Waals surface area contributed by atoms with Gasteiger partial charge in [0.15, 0.2) is 0 Å². The van der Waals surface area contributed by atoms with Crippen molar-refractivity contribution in [3.05, 3.63) is 60.2 Å². The smallest absolute Gasteiger partial charge is 0.255 e. The zero-order valence-corrected chi connectivity index (χ0v) is 13.4. The standard InChI is InChI=1S/C19H21N3O2/c23-18(13-20-12-14-9-10-14)21-16-7-4-8-17(11-16)22-19(24)15-5-2-1-3-6-15/h1-8,11,14,20H,9-10,12-13H2,(H,21,23)(H,22,24). The lowest BCUT2D eigenvalue weighted by molar-refractivity contribution is -0.115. The predicted octanol–water partition coefficient (Wildman–Crippen LogP) is 2.88. The van der Waals surface area contributed by atoms with Gasteiger partial charge in [-0.05, 0) is 55.6 Å². The van der Waals surface area contributed by atoms with Gasteiger partial charge in [0, 0.05) is 16.9 Å². The summed E-state index contributed by atoms with van der Waals surface area (Å²) in [6, 6.07) is 16.2. The van der Waals surface area contributed by atoms with Crippen LogP contribution in [-0.4, -0.2) is 24.9 Å². The highest BCUT2D eigenvalue weighted by Gasteiger charge is 2.20. The van der Waals surface area contributed by atoms with E-state index in [0.29, 0.717) is 23.5 Å². The lowest BCUT2D eigenvalue weighted by Gasteiger charge is -2.09. The normalized spacial score (nSPS) is 13.3. The summed E-state index contributed by atoms with van der Waals surface area (Å²) in [6.07, 6.45) is 2.52. The molecule has 1 aliphatic carbocycles. The fourth-order valence-electron chi connectivity index (χ4n) is 2.38. The molecule has 0 aliphatic heterocycles. The van der Waals surface area contributed by atoms with Crippen LogP contribution in [0.25, 0.3) is 0 Å². The second-order valence-electron chi connectivity index (χ2n) is 6.02. The van der Waals surface area contributed by atoms with Gasteiger partial charge in [-0.25, -0.2) is 0 Å². The molecule has 0 bridgehead atoms. The molecule has 5 heteroatoms. The SMILES string of the molecule is O=C(CNCC1CC1)Nc1cccc(NC(=O)c2ccccc2)c1. The number of benzene rings is 2. The zero-order valence-electron chi connectivity index (χ0n) is 13.4. The largest absolute Gasteiger partial charge is 0.325 e. The van der Waals surface area contributed by atoms with E-state index in [-0.39, 0.29) is 11.8 Å². The zero-order chi connectivity index (χ0) is 16.8. The molecule has 0 heterocycles. The topological polar surface area (TPSA) is 70.2 Å². The van der Waals surface area contributed by atoms with Gasteiger partial charge < -0.3 is 16.0 Å². The lowest BCUT2D eigenvalue weighted by atomic mass is 10.2. The molecular weight excluding hydrogens is 302 g/mol. The maximum absolute atomic E-state index is 12.2. The molecule has 1 aliphatic rings. The van der Waals surface area contributed by atoms with Gasteiger partial charge in [-0.3, -0.25) is 9.59 Å². The minimum absolute atomic E-state index is 0.0813. The van der Waals surface area contributed by atoms with E-state index < -0.39 is 0 Å². The Balaban J connectivity index is 1.53. The van der Waals surface area contributed by atoms with E-state index in [2.05, 4.69) is 16.0 Å². The molecule has 1 fully saturated rings. The Labute approximate surface area is 141 Å². The number of hydrogen-bond donors (Lipinski definition) is 3. The highest BCUT2D eigenvalue weighted by atomic mass is 16.2.